The fourth-order valence-electron chi connectivity index (χ4n) is 1.82. The fourth-order valence-corrected chi connectivity index (χ4v) is 1.82. The molecule has 0 unspecified atom stereocenters. The summed E-state index contributed by atoms with van der Waals surface area (Å²) in [6, 6.07) is 7.02. The maximum absolute atomic E-state index is 11.7. The fraction of sp³-hybridized carbons (Fsp3) is 0.467. The molecule has 0 heterocycles. The average molecular weight is 293 g/mol. The lowest BCUT2D eigenvalue weighted by Crippen LogP contribution is -2.40. The predicted molar refractivity (Wildman–Crippen MR) is 81.9 cm³/mol. The van der Waals surface area contributed by atoms with Crippen molar-refractivity contribution in [1.29, 1.82) is 0 Å². The van der Waals surface area contributed by atoms with Gasteiger partial charge in [-0.2, -0.15) is 0 Å². The number of hydrogen-bond donors (Lipinski definition) is 2. The van der Waals surface area contributed by atoms with Crippen molar-refractivity contribution in [2.45, 2.75) is 20.3 Å². The molecule has 0 aromatic heterocycles. The van der Waals surface area contributed by atoms with E-state index < -0.39 is 0 Å². The molecule has 0 aliphatic rings. The van der Waals surface area contributed by atoms with Crippen LogP contribution in [0.15, 0.2) is 24.3 Å². The van der Waals surface area contributed by atoms with Crippen LogP contribution in [0, 0.1) is 0 Å². The number of carbonyl (C=O) groups excluding carboxylic acids is 2. The largest absolute Gasteiger partial charge is 0.493 e. The zero-order valence-electron chi connectivity index (χ0n) is 12.6. The van der Waals surface area contributed by atoms with Crippen molar-refractivity contribution in [3.05, 3.63) is 24.3 Å². The first-order valence-electron chi connectivity index (χ1n) is 7.09. The number of nitrogens with one attached hydrogen (secondary N) is 1. The molecule has 3 N–H and O–H groups in total. The summed E-state index contributed by atoms with van der Waals surface area (Å²) in [6.45, 7) is 5.37. The number of anilines is 1. The van der Waals surface area contributed by atoms with E-state index in [4.69, 9.17) is 10.5 Å². The van der Waals surface area contributed by atoms with Crippen molar-refractivity contribution < 1.29 is 14.3 Å². The minimum Gasteiger partial charge on any atom is -0.493 e. The Morgan fingerprint density at radius 3 is 2.62 bits per heavy atom. The Balaban J connectivity index is 2.24. The SMILES string of the molecule is CCN(CC)C(=O)CNC(=O)CCOc1cccc(N)c1. The summed E-state index contributed by atoms with van der Waals surface area (Å²) in [5.41, 5.74) is 6.24. The topological polar surface area (TPSA) is 84.7 Å². The van der Waals surface area contributed by atoms with Gasteiger partial charge in [0.05, 0.1) is 19.6 Å². The molecule has 0 saturated carbocycles. The van der Waals surface area contributed by atoms with E-state index in [2.05, 4.69) is 5.32 Å². The first-order chi connectivity index (χ1) is 10.1. The molecule has 0 saturated heterocycles. The van der Waals surface area contributed by atoms with Crippen LogP contribution in [0.25, 0.3) is 0 Å². The highest BCUT2D eigenvalue weighted by atomic mass is 16.5. The predicted octanol–water partition coefficient (Wildman–Crippen LogP) is 1.02. The van der Waals surface area contributed by atoms with Crippen molar-refractivity contribution in [3.63, 3.8) is 0 Å². The van der Waals surface area contributed by atoms with Gasteiger partial charge in [-0.15, -0.1) is 0 Å². The molecule has 2 amide bonds. The lowest BCUT2D eigenvalue weighted by Gasteiger charge is -2.18. The summed E-state index contributed by atoms with van der Waals surface area (Å²) in [5, 5.41) is 2.59. The molecule has 0 aliphatic carbocycles. The number of nitrogen functional groups attached to an aromatic ring is 1. The Kier molecular flexibility index (Phi) is 7.08. The Morgan fingerprint density at radius 2 is 2.00 bits per heavy atom. The molecule has 1 rings (SSSR count). The number of amides is 2. The normalized spacial score (nSPS) is 10.0. The van der Waals surface area contributed by atoms with Crippen LogP contribution in [0.5, 0.6) is 5.75 Å². The third-order valence-electron chi connectivity index (χ3n) is 3.01. The molecule has 0 radical (unpaired) electrons. The number of ether oxygens (including phenoxy) is 1. The van der Waals surface area contributed by atoms with E-state index in [0.717, 1.165) is 0 Å². The summed E-state index contributed by atoms with van der Waals surface area (Å²) in [6.07, 6.45) is 0.195. The summed E-state index contributed by atoms with van der Waals surface area (Å²) in [7, 11) is 0. The van der Waals surface area contributed by atoms with Crippen LogP contribution < -0.4 is 15.8 Å². The van der Waals surface area contributed by atoms with Gasteiger partial charge in [0.2, 0.25) is 11.8 Å². The average Bonchev–Trinajstić information content (AvgIpc) is 2.46. The minimum atomic E-state index is -0.209. The molecular formula is C15H23N3O3. The lowest BCUT2D eigenvalue weighted by atomic mass is 10.3. The second-order valence-corrected chi connectivity index (χ2v) is 4.51. The number of rotatable bonds is 8. The van der Waals surface area contributed by atoms with Gasteiger partial charge < -0.3 is 20.7 Å². The minimum absolute atomic E-state index is 0.0266. The van der Waals surface area contributed by atoms with Crippen molar-refractivity contribution >= 4 is 17.5 Å². The van der Waals surface area contributed by atoms with E-state index in [1.807, 2.05) is 13.8 Å². The first-order valence-corrected chi connectivity index (χ1v) is 7.09. The molecule has 116 valence electrons. The molecule has 6 heteroatoms. The Morgan fingerprint density at radius 1 is 1.29 bits per heavy atom. The summed E-state index contributed by atoms with van der Waals surface area (Å²) >= 11 is 0. The van der Waals surface area contributed by atoms with E-state index >= 15 is 0 Å². The first kappa shape index (κ1) is 16.8. The molecule has 0 bridgehead atoms. The number of benzene rings is 1. The van der Waals surface area contributed by atoms with Crippen LogP contribution in [0.3, 0.4) is 0 Å². The third-order valence-corrected chi connectivity index (χ3v) is 3.01. The van der Waals surface area contributed by atoms with Crippen molar-refractivity contribution in [2.24, 2.45) is 0 Å². The Hall–Kier alpha value is -2.24. The van der Waals surface area contributed by atoms with Crippen LogP contribution in [-0.4, -0.2) is 43.0 Å². The van der Waals surface area contributed by atoms with Gasteiger partial charge in [-0.1, -0.05) is 6.07 Å². The van der Waals surface area contributed by atoms with Gasteiger partial charge in [-0.3, -0.25) is 9.59 Å². The van der Waals surface area contributed by atoms with E-state index in [0.29, 0.717) is 24.5 Å². The van der Waals surface area contributed by atoms with Crippen LogP contribution >= 0.6 is 0 Å². The standard InChI is InChI=1S/C15H23N3O3/c1-3-18(4-2)15(20)11-17-14(19)8-9-21-13-7-5-6-12(16)10-13/h5-7,10H,3-4,8-9,11,16H2,1-2H3,(H,17,19). The molecule has 0 atom stereocenters. The number of nitrogens with two attached hydrogens (primary N) is 1. The second kappa shape index (κ2) is 8.84. The van der Waals surface area contributed by atoms with Gasteiger partial charge in [0, 0.05) is 24.8 Å². The van der Waals surface area contributed by atoms with E-state index in [9.17, 15) is 9.59 Å². The maximum Gasteiger partial charge on any atom is 0.241 e. The van der Waals surface area contributed by atoms with E-state index in [1.54, 1.807) is 29.2 Å². The number of nitrogens with zero attached hydrogens (tertiary/aromatic N) is 1. The van der Waals surface area contributed by atoms with Crippen molar-refractivity contribution in [1.82, 2.24) is 10.2 Å². The van der Waals surface area contributed by atoms with Crippen LogP contribution in [0.4, 0.5) is 5.69 Å². The van der Waals surface area contributed by atoms with Gasteiger partial charge in [-0.25, -0.2) is 0 Å². The molecule has 21 heavy (non-hydrogen) atoms. The molecule has 1 aromatic carbocycles. The van der Waals surface area contributed by atoms with Crippen LogP contribution in [0.1, 0.15) is 20.3 Å². The zero-order valence-corrected chi connectivity index (χ0v) is 12.6. The Labute approximate surface area is 125 Å². The van der Waals surface area contributed by atoms with E-state index in [-0.39, 0.29) is 31.4 Å². The smallest absolute Gasteiger partial charge is 0.241 e. The maximum atomic E-state index is 11.7. The van der Waals surface area contributed by atoms with Gasteiger partial charge >= 0.3 is 0 Å². The third kappa shape index (κ3) is 6.16. The molecule has 0 fully saturated rings. The van der Waals surface area contributed by atoms with Gasteiger partial charge in [-0.05, 0) is 26.0 Å². The number of hydrogen-bond acceptors (Lipinski definition) is 4. The molecule has 6 nitrogen and oxygen atoms in total. The summed E-state index contributed by atoms with van der Waals surface area (Å²) < 4.78 is 5.42. The van der Waals surface area contributed by atoms with Gasteiger partial charge in [0.1, 0.15) is 5.75 Å². The summed E-state index contributed by atoms with van der Waals surface area (Å²) in [5.74, 6) is 0.339. The van der Waals surface area contributed by atoms with Crippen molar-refractivity contribution in [3.8, 4) is 5.75 Å². The highest BCUT2D eigenvalue weighted by Gasteiger charge is 2.10. The monoisotopic (exact) mass is 293 g/mol. The Bertz CT molecular complexity index is 473. The molecule has 0 aliphatic heterocycles. The summed E-state index contributed by atoms with van der Waals surface area (Å²) in [4.78, 5) is 25.0. The highest BCUT2D eigenvalue weighted by molar-refractivity contribution is 5.84. The van der Waals surface area contributed by atoms with Crippen LogP contribution in [-0.2, 0) is 9.59 Å². The molecule has 0 spiro atoms. The zero-order chi connectivity index (χ0) is 15.7. The van der Waals surface area contributed by atoms with E-state index in [1.165, 1.54) is 0 Å². The molecular weight excluding hydrogens is 270 g/mol. The quantitative estimate of drug-likeness (QED) is 0.701. The molecule has 1 aromatic rings. The number of likely N-dealkylation sites (N-methyl/N-ethyl adjacent to an activating group) is 1. The lowest BCUT2D eigenvalue weighted by molar-refractivity contribution is -0.132. The van der Waals surface area contributed by atoms with Gasteiger partial charge in [0.15, 0.2) is 0 Å². The number of carbonyl (C=O) groups is 2. The van der Waals surface area contributed by atoms with Crippen molar-refractivity contribution in [2.75, 3.05) is 32.0 Å². The van der Waals surface area contributed by atoms with Gasteiger partial charge in [0.25, 0.3) is 0 Å². The van der Waals surface area contributed by atoms with Crippen LogP contribution in [0.2, 0.25) is 0 Å². The second-order valence-electron chi connectivity index (χ2n) is 4.51. The highest BCUT2D eigenvalue weighted by Crippen LogP contribution is 2.14.